The molecule has 130 valence electrons. The van der Waals surface area contributed by atoms with Gasteiger partial charge in [-0.25, -0.2) is 13.4 Å². The molecule has 0 radical (unpaired) electrons. The van der Waals surface area contributed by atoms with Gasteiger partial charge in [0.2, 0.25) is 0 Å². The molecule has 4 rings (SSSR count). The minimum Gasteiger partial charge on any atom is -0.295 e. The van der Waals surface area contributed by atoms with Crippen molar-refractivity contribution < 1.29 is 13.2 Å². The van der Waals surface area contributed by atoms with Crippen molar-refractivity contribution in [1.82, 2.24) is 4.98 Å². The summed E-state index contributed by atoms with van der Waals surface area (Å²) in [4.78, 5) is 16.0. The number of ketones is 1. The Labute approximate surface area is 154 Å². The van der Waals surface area contributed by atoms with Gasteiger partial charge in [0.25, 0.3) is 10.0 Å². The molecule has 0 aliphatic heterocycles. The summed E-state index contributed by atoms with van der Waals surface area (Å²) in [6.07, 6.45) is 0. The second kappa shape index (κ2) is 6.19. The van der Waals surface area contributed by atoms with E-state index >= 15 is 0 Å². The maximum atomic E-state index is 12.7. The van der Waals surface area contributed by atoms with Gasteiger partial charge in [-0.15, -0.1) is 0 Å². The van der Waals surface area contributed by atoms with Crippen molar-refractivity contribution in [2.24, 2.45) is 0 Å². The van der Waals surface area contributed by atoms with Gasteiger partial charge in [-0.3, -0.25) is 9.52 Å². The number of fused-ring (bicyclic) bond motifs is 3. The monoisotopic (exact) mass is 382 g/mol. The highest BCUT2D eigenvalue weighted by Crippen LogP contribution is 2.32. The number of benzene rings is 3. The summed E-state index contributed by atoms with van der Waals surface area (Å²) >= 11 is 1.28. The van der Waals surface area contributed by atoms with Crippen molar-refractivity contribution in [2.45, 2.75) is 11.8 Å². The molecule has 0 bridgehead atoms. The van der Waals surface area contributed by atoms with E-state index in [1.807, 2.05) is 36.4 Å². The first kappa shape index (κ1) is 16.7. The van der Waals surface area contributed by atoms with Crippen molar-refractivity contribution in [2.75, 3.05) is 4.72 Å². The van der Waals surface area contributed by atoms with Crippen LogP contribution in [0.5, 0.6) is 0 Å². The summed E-state index contributed by atoms with van der Waals surface area (Å²) in [6, 6.07) is 17.7. The molecule has 0 aliphatic carbocycles. The van der Waals surface area contributed by atoms with Crippen LogP contribution in [0, 0.1) is 0 Å². The van der Waals surface area contributed by atoms with E-state index in [2.05, 4.69) is 9.71 Å². The third-order valence-corrected chi connectivity index (χ3v) is 6.46. The summed E-state index contributed by atoms with van der Waals surface area (Å²) in [5, 5.41) is 2.32. The third-order valence-electron chi connectivity index (χ3n) is 4.06. The number of carbonyl (C=O) groups excluding carboxylic acids is 1. The minimum absolute atomic E-state index is 0.0364. The second-order valence-electron chi connectivity index (χ2n) is 5.84. The van der Waals surface area contributed by atoms with Crippen LogP contribution in [0.4, 0.5) is 5.13 Å². The molecule has 0 saturated carbocycles. The van der Waals surface area contributed by atoms with Crippen LogP contribution in [0.15, 0.2) is 65.6 Å². The fourth-order valence-corrected chi connectivity index (χ4v) is 4.92. The molecule has 1 N–H and O–H groups in total. The molecule has 3 aromatic carbocycles. The van der Waals surface area contributed by atoms with Gasteiger partial charge in [0, 0.05) is 10.9 Å². The van der Waals surface area contributed by atoms with E-state index in [9.17, 15) is 13.2 Å². The van der Waals surface area contributed by atoms with Gasteiger partial charge in [0.05, 0.1) is 15.1 Å². The number of hydrogen-bond acceptors (Lipinski definition) is 5. The van der Waals surface area contributed by atoms with Crippen LogP contribution in [0.1, 0.15) is 17.3 Å². The quantitative estimate of drug-likeness (QED) is 0.529. The lowest BCUT2D eigenvalue weighted by atomic mass is 10.1. The van der Waals surface area contributed by atoms with Crippen LogP contribution < -0.4 is 4.72 Å². The lowest BCUT2D eigenvalue weighted by Gasteiger charge is -2.06. The van der Waals surface area contributed by atoms with Crippen molar-refractivity contribution in [1.29, 1.82) is 0 Å². The van der Waals surface area contributed by atoms with E-state index in [1.54, 1.807) is 12.1 Å². The van der Waals surface area contributed by atoms with Crippen LogP contribution in [-0.2, 0) is 10.0 Å². The molecule has 0 unspecified atom stereocenters. The molecule has 0 fully saturated rings. The zero-order chi connectivity index (χ0) is 18.3. The maximum absolute atomic E-state index is 12.7. The van der Waals surface area contributed by atoms with Crippen LogP contribution in [0.25, 0.3) is 21.0 Å². The fourth-order valence-electron chi connectivity index (χ4n) is 2.76. The zero-order valence-electron chi connectivity index (χ0n) is 13.8. The largest absolute Gasteiger partial charge is 0.295 e. The number of nitrogens with one attached hydrogen (secondary N) is 1. The molecular weight excluding hydrogens is 368 g/mol. The number of anilines is 1. The predicted octanol–water partition coefficient (Wildman–Crippen LogP) is 4.45. The van der Waals surface area contributed by atoms with Gasteiger partial charge in [0.15, 0.2) is 10.9 Å². The van der Waals surface area contributed by atoms with Crippen molar-refractivity contribution in [3.8, 4) is 0 Å². The van der Waals surface area contributed by atoms with Crippen molar-refractivity contribution >= 4 is 53.3 Å². The Morgan fingerprint density at radius 3 is 2.65 bits per heavy atom. The van der Waals surface area contributed by atoms with Crippen LogP contribution in [0.3, 0.4) is 0 Å². The van der Waals surface area contributed by atoms with Crippen LogP contribution >= 0.6 is 11.3 Å². The van der Waals surface area contributed by atoms with Crippen molar-refractivity contribution in [3.63, 3.8) is 0 Å². The smallest absolute Gasteiger partial charge is 0.263 e. The van der Waals surface area contributed by atoms with Crippen molar-refractivity contribution in [3.05, 3.63) is 66.2 Å². The Balaban J connectivity index is 1.75. The lowest BCUT2D eigenvalue weighted by molar-refractivity contribution is 0.101. The molecule has 0 aliphatic rings. The summed E-state index contributed by atoms with van der Waals surface area (Å²) in [7, 11) is -3.82. The molecule has 7 heteroatoms. The maximum Gasteiger partial charge on any atom is 0.263 e. The van der Waals surface area contributed by atoms with E-state index in [-0.39, 0.29) is 10.7 Å². The van der Waals surface area contributed by atoms with Gasteiger partial charge < -0.3 is 0 Å². The van der Waals surface area contributed by atoms with Gasteiger partial charge in [-0.1, -0.05) is 53.8 Å². The standard InChI is InChI=1S/C19H14N2O3S2/c1-12(22)14-6-4-7-15(11-14)26(23,24)21-19-20-18-16-8-3-2-5-13(16)9-10-17(18)25-19/h2-11H,1H3,(H,20,21). The third kappa shape index (κ3) is 2.95. The Bertz CT molecular complexity index is 1260. The van der Waals surface area contributed by atoms with Crippen LogP contribution in [-0.4, -0.2) is 19.2 Å². The fraction of sp³-hybridized carbons (Fsp3) is 0.0526. The molecule has 0 amide bonds. The molecule has 0 atom stereocenters. The molecule has 5 nitrogen and oxygen atoms in total. The molecule has 1 heterocycles. The topological polar surface area (TPSA) is 76.1 Å². The summed E-state index contributed by atoms with van der Waals surface area (Å²) in [5.41, 5.74) is 1.12. The van der Waals surface area contributed by atoms with E-state index in [0.717, 1.165) is 21.0 Å². The van der Waals surface area contributed by atoms with Crippen LogP contribution in [0.2, 0.25) is 0 Å². The van der Waals surface area contributed by atoms with Gasteiger partial charge in [-0.05, 0) is 30.5 Å². The number of aromatic nitrogens is 1. The van der Waals surface area contributed by atoms with E-state index < -0.39 is 10.0 Å². The average Bonchev–Trinajstić information content (AvgIpc) is 3.04. The predicted molar refractivity (Wildman–Crippen MR) is 104 cm³/mol. The first-order valence-electron chi connectivity index (χ1n) is 7.86. The lowest BCUT2D eigenvalue weighted by Crippen LogP contribution is -2.13. The number of hydrogen-bond donors (Lipinski definition) is 1. The Morgan fingerprint density at radius 1 is 1.04 bits per heavy atom. The Hall–Kier alpha value is -2.77. The SMILES string of the molecule is CC(=O)c1cccc(S(=O)(=O)Nc2nc3c(ccc4ccccc43)s2)c1. The summed E-state index contributed by atoms with van der Waals surface area (Å²) in [5.74, 6) is -0.187. The number of sulfonamides is 1. The number of thiazole rings is 1. The van der Waals surface area contributed by atoms with Gasteiger partial charge >= 0.3 is 0 Å². The van der Waals surface area contributed by atoms with E-state index in [1.165, 1.54) is 30.4 Å². The number of rotatable bonds is 4. The molecule has 4 aromatic rings. The molecule has 26 heavy (non-hydrogen) atoms. The number of Topliss-reactive ketones (excluding diaryl/α,β-unsaturated/α-hetero) is 1. The normalized spacial score (nSPS) is 11.7. The summed E-state index contributed by atoms with van der Waals surface area (Å²) in [6.45, 7) is 1.40. The number of nitrogens with zero attached hydrogens (tertiary/aromatic N) is 1. The number of carbonyl (C=O) groups is 1. The molecule has 1 aromatic heterocycles. The van der Waals surface area contributed by atoms with Gasteiger partial charge in [-0.2, -0.15) is 0 Å². The van der Waals surface area contributed by atoms with E-state index in [4.69, 9.17) is 0 Å². The minimum atomic E-state index is -3.82. The first-order chi connectivity index (χ1) is 12.4. The highest BCUT2D eigenvalue weighted by molar-refractivity contribution is 7.93. The summed E-state index contributed by atoms with van der Waals surface area (Å²) < 4.78 is 28.7. The highest BCUT2D eigenvalue weighted by Gasteiger charge is 2.18. The molecule has 0 spiro atoms. The van der Waals surface area contributed by atoms with E-state index in [0.29, 0.717) is 10.7 Å². The molecular formula is C19H14N2O3S2. The molecule has 0 saturated heterocycles. The Morgan fingerprint density at radius 2 is 1.85 bits per heavy atom. The average molecular weight is 382 g/mol. The first-order valence-corrected chi connectivity index (χ1v) is 10.2. The Kier molecular flexibility index (Phi) is 3.97. The second-order valence-corrected chi connectivity index (χ2v) is 8.56. The van der Waals surface area contributed by atoms with Gasteiger partial charge in [0.1, 0.15) is 0 Å². The highest BCUT2D eigenvalue weighted by atomic mass is 32.2. The zero-order valence-corrected chi connectivity index (χ0v) is 15.4.